The number of nitrogens with one attached hydrogen (secondary N) is 1. The van der Waals surface area contributed by atoms with Gasteiger partial charge >= 0.3 is 0 Å². The van der Waals surface area contributed by atoms with Crippen molar-refractivity contribution in [1.82, 2.24) is 15.4 Å². The van der Waals surface area contributed by atoms with Crippen LogP contribution in [0.1, 0.15) is 25.1 Å². The van der Waals surface area contributed by atoms with Crippen LogP contribution in [0, 0.1) is 0 Å². The minimum atomic E-state index is 0.0893. The first kappa shape index (κ1) is 13.1. The average Bonchev–Trinajstić information content (AvgIpc) is 2.41. The van der Waals surface area contributed by atoms with Gasteiger partial charge in [0.15, 0.2) is 0 Å². The Bertz CT molecular complexity index is 336. The van der Waals surface area contributed by atoms with Crippen LogP contribution in [0.15, 0.2) is 18.6 Å². The standard InChI is InChI=1S/C11H18N4S2/c1-2-9-11(17-6-5-16-9)10(15-12)8-7-13-3-4-14-8/h3-4,7,9-11,15H,2,5-6,12H2,1H3. The fourth-order valence-corrected chi connectivity index (χ4v) is 5.28. The highest BCUT2D eigenvalue weighted by molar-refractivity contribution is 8.07. The summed E-state index contributed by atoms with van der Waals surface area (Å²) < 4.78 is 0. The summed E-state index contributed by atoms with van der Waals surface area (Å²) in [5.41, 5.74) is 3.85. The third-order valence-corrected chi connectivity index (χ3v) is 6.25. The van der Waals surface area contributed by atoms with Crippen molar-refractivity contribution in [3.8, 4) is 0 Å². The van der Waals surface area contributed by atoms with Gasteiger partial charge in [0.25, 0.3) is 0 Å². The van der Waals surface area contributed by atoms with E-state index >= 15 is 0 Å². The molecule has 3 unspecified atom stereocenters. The molecule has 0 saturated carbocycles. The first-order valence-electron chi connectivity index (χ1n) is 5.82. The van der Waals surface area contributed by atoms with Gasteiger partial charge in [0.05, 0.1) is 17.9 Å². The summed E-state index contributed by atoms with van der Waals surface area (Å²) in [6.07, 6.45) is 6.39. The largest absolute Gasteiger partial charge is 0.271 e. The molecule has 0 radical (unpaired) electrons. The molecule has 1 saturated heterocycles. The van der Waals surface area contributed by atoms with E-state index in [9.17, 15) is 0 Å². The van der Waals surface area contributed by atoms with E-state index in [1.165, 1.54) is 17.9 Å². The van der Waals surface area contributed by atoms with Crippen LogP contribution in [0.5, 0.6) is 0 Å². The van der Waals surface area contributed by atoms with Crippen molar-refractivity contribution in [3.05, 3.63) is 24.3 Å². The molecule has 3 N–H and O–H groups in total. The lowest BCUT2D eigenvalue weighted by Gasteiger charge is -2.35. The minimum Gasteiger partial charge on any atom is -0.271 e. The third kappa shape index (κ3) is 3.13. The van der Waals surface area contributed by atoms with Crippen LogP contribution in [-0.2, 0) is 0 Å². The molecule has 2 rings (SSSR count). The fraction of sp³-hybridized carbons (Fsp3) is 0.636. The van der Waals surface area contributed by atoms with E-state index in [4.69, 9.17) is 5.84 Å². The van der Waals surface area contributed by atoms with E-state index < -0.39 is 0 Å². The molecule has 0 bridgehead atoms. The molecule has 0 aliphatic carbocycles. The van der Waals surface area contributed by atoms with E-state index in [1.807, 2.05) is 23.5 Å². The molecule has 0 spiro atoms. The monoisotopic (exact) mass is 270 g/mol. The second-order valence-corrected chi connectivity index (χ2v) is 6.56. The normalized spacial score (nSPS) is 26.7. The molecule has 2 heterocycles. The Balaban J connectivity index is 2.16. The Morgan fingerprint density at radius 2 is 2.29 bits per heavy atom. The summed E-state index contributed by atoms with van der Waals surface area (Å²) in [5.74, 6) is 8.13. The molecule has 6 heteroatoms. The summed E-state index contributed by atoms with van der Waals surface area (Å²) in [6, 6.07) is 0.0893. The number of hydrogen-bond donors (Lipinski definition) is 2. The van der Waals surface area contributed by atoms with Gasteiger partial charge in [-0.15, -0.1) is 0 Å². The molecule has 3 atom stereocenters. The zero-order valence-corrected chi connectivity index (χ0v) is 11.5. The molecular weight excluding hydrogens is 252 g/mol. The zero-order valence-electron chi connectivity index (χ0n) is 9.87. The molecule has 0 aromatic carbocycles. The summed E-state index contributed by atoms with van der Waals surface area (Å²) in [6.45, 7) is 2.24. The summed E-state index contributed by atoms with van der Waals surface area (Å²) in [5, 5.41) is 1.11. The molecule has 1 aromatic rings. The number of hydrogen-bond acceptors (Lipinski definition) is 6. The lowest BCUT2D eigenvalue weighted by atomic mass is 10.1. The molecule has 94 valence electrons. The molecular formula is C11H18N4S2. The molecule has 1 aromatic heterocycles. The van der Waals surface area contributed by atoms with Crippen molar-refractivity contribution < 1.29 is 0 Å². The summed E-state index contributed by atoms with van der Waals surface area (Å²) in [4.78, 5) is 8.49. The Hall–Kier alpha value is -0.300. The lowest BCUT2D eigenvalue weighted by Crippen LogP contribution is -2.42. The Labute approximate surface area is 111 Å². The van der Waals surface area contributed by atoms with Crippen molar-refractivity contribution in [2.75, 3.05) is 11.5 Å². The molecule has 1 fully saturated rings. The molecule has 1 aliphatic rings. The third-order valence-electron chi connectivity index (χ3n) is 2.90. The van der Waals surface area contributed by atoms with E-state index in [2.05, 4.69) is 22.3 Å². The van der Waals surface area contributed by atoms with Gasteiger partial charge in [-0.05, 0) is 6.42 Å². The van der Waals surface area contributed by atoms with Gasteiger partial charge in [0, 0.05) is 34.4 Å². The number of nitrogens with zero attached hydrogens (tertiary/aromatic N) is 2. The SMILES string of the molecule is CCC1SCCSC1C(NN)c1cnccn1. The maximum atomic E-state index is 5.71. The number of thioether (sulfide) groups is 2. The quantitative estimate of drug-likeness (QED) is 0.640. The second-order valence-electron chi connectivity index (χ2n) is 3.93. The van der Waals surface area contributed by atoms with Gasteiger partial charge in [-0.25, -0.2) is 0 Å². The van der Waals surface area contributed by atoms with Gasteiger partial charge < -0.3 is 0 Å². The molecule has 1 aliphatic heterocycles. The van der Waals surface area contributed by atoms with E-state index in [0.29, 0.717) is 10.5 Å². The van der Waals surface area contributed by atoms with Crippen LogP contribution in [0.4, 0.5) is 0 Å². The predicted octanol–water partition coefficient (Wildman–Crippen LogP) is 1.61. The summed E-state index contributed by atoms with van der Waals surface area (Å²) in [7, 11) is 0. The highest BCUT2D eigenvalue weighted by Crippen LogP contribution is 2.39. The Morgan fingerprint density at radius 3 is 2.94 bits per heavy atom. The smallest absolute Gasteiger partial charge is 0.0781 e. The van der Waals surface area contributed by atoms with Crippen LogP contribution in [0.25, 0.3) is 0 Å². The van der Waals surface area contributed by atoms with Crippen molar-refractivity contribution in [3.63, 3.8) is 0 Å². The van der Waals surface area contributed by atoms with Gasteiger partial charge in [0.2, 0.25) is 0 Å². The first-order chi connectivity index (χ1) is 8.36. The van der Waals surface area contributed by atoms with Gasteiger partial charge in [-0.1, -0.05) is 6.92 Å². The summed E-state index contributed by atoms with van der Waals surface area (Å²) >= 11 is 4.04. The van der Waals surface area contributed by atoms with Crippen molar-refractivity contribution in [2.45, 2.75) is 29.9 Å². The predicted molar refractivity (Wildman–Crippen MR) is 74.9 cm³/mol. The van der Waals surface area contributed by atoms with Crippen LogP contribution >= 0.6 is 23.5 Å². The van der Waals surface area contributed by atoms with E-state index in [-0.39, 0.29) is 6.04 Å². The van der Waals surface area contributed by atoms with Crippen LogP contribution in [0.3, 0.4) is 0 Å². The molecule has 17 heavy (non-hydrogen) atoms. The number of rotatable bonds is 4. The second kappa shape index (κ2) is 6.58. The maximum absolute atomic E-state index is 5.71. The van der Waals surface area contributed by atoms with Gasteiger partial charge in [-0.3, -0.25) is 21.2 Å². The Kier molecular flexibility index (Phi) is 5.09. The van der Waals surface area contributed by atoms with Gasteiger partial charge in [-0.2, -0.15) is 23.5 Å². The van der Waals surface area contributed by atoms with Crippen molar-refractivity contribution in [1.29, 1.82) is 0 Å². The van der Waals surface area contributed by atoms with Crippen molar-refractivity contribution in [2.24, 2.45) is 5.84 Å². The van der Waals surface area contributed by atoms with Crippen LogP contribution in [0.2, 0.25) is 0 Å². The van der Waals surface area contributed by atoms with Crippen molar-refractivity contribution >= 4 is 23.5 Å². The Morgan fingerprint density at radius 1 is 1.47 bits per heavy atom. The van der Waals surface area contributed by atoms with E-state index in [1.54, 1.807) is 18.6 Å². The number of aromatic nitrogens is 2. The average molecular weight is 270 g/mol. The lowest BCUT2D eigenvalue weighted by molar-refractivity contribution is 0.501. The topological polar surface area (TPSA) is 63.8 Å². The molecule has 4 nitrogen and oxygen atoms in total. The highest BCUT2D eigenvalue weighted by Gasteiger charge is 2.33. The minimum absolute atomic E-state index is 0.0893. The number of nitrogens with two attached hydrogens (primary N) is 1. The maximum Gasteiger partial charge on any atom is 0.0781 e. The number of hydrazine groups is 1. The fourth-order valence-electron chi connectivity index (χ4n) is 2.07. The molecule has 0 amide bonds. The van der Waals surface area contributed by atoms with Crippen LogP contribution in [-0.4, -0.2) is 32.0 Å². The van der Waals surface area contributed by atoms with E-state index in [0.717, 1.165) is 5.69 Å². The van der Waals surface area contributed by atoms with Gasteiger partial charge in [0.1, 0.15) is 0 Å². The zero-order chi connectivity index (χ0) is 12.1. The van der Waals surface area contributed by atoms with Crippen LogP contribution < -0.4 is 11.3 Å². The first-order valence-corrected chi connectivity index (χ1v) is 7.91. The highest BCUT2D eigenvalue weighted by atomic mass is 32.2.